The molecule has 9 heteroatoms. The van der Waals surface area contributed by atoms with Gasteiger partial charge in [0.05, 0.1) is 16.1 Å². The van der Waals surface area contributed by atoms with Gasteiger partial charge in [0, 0.05) is 58.9 Å². The van der Waals surface area contributed by atoms with Crippen molar-refractivity contribution < 1.29 is 8.42 Å². The number of thiophene rings is 1. The molecule has 34 heavy (non-hydrogen) atoms. The summed E-state index contributed by atoms with van der Waals surface area (Å²) < 4.78 is 27.1. The Hall–Kier alpha value is -3.71. The number of sulfonamides is 1. The molecule has 0 aliphatic rings. The molecule has 0 bridgehead atoms. The summed E-state index contributed by atoms with van der Waals surface area (Å²) in [5.41, 5.74) is 4.67. The Balaban J connectivity index is 1.68. The molecule has 0 amide bonds. The molecule has 0 spiro atoms. The Kier molecular flexibility index (Phi) is 5.37. The zero-order valence-corrected chi connectivity index (χ0v) is 20.4. The van der Waals surface area contributed by atoms with Crippen molar-refractivity contribution in [2.45, 2.75) is 11.8 Å². The first-order valence-corrected chi connectivity index (χ1v) is 12.7. The predicted molar refractivity (Wildman–Crippen MR) is 137 cm³/mol. The first-order valence-electron chi connectivity index (χ1n) is 10.5. The van der Waals surface area contributed by atoms with Gasteiger partial charge in [-0.25, -0.2) is 17.7 Å². The number of rotatable bonds is 5. The molecule has 0 atom stereocenters. The Morgan fingerprint density at radius 2 is 1.91 bits per heavy atom. The van der Waals surface area contributed by atoms with Crippen LogP contribution < -0.4 is 5.32 Å². The summed E-state index contributed by atoms with van der Waals surface area (Å²) in [5, 5.41) is 15.1. The van der Waals surface area contributed by atoms with Crippen LogP contribution in [-0.4, -0.2) is 36.8 Å². The highest BCUT2D eigenvalue weighted by Crippen LogP contribution is 2.41. The lowest BCUT2D eigenvalue weighted by Gasteiger charge is -2.14. The average molecular weight is 488 g/mol. The Bertz CT molecular complexity index is 1710. The molecule has 0 fully saturated rings. The van der Waals surface area contributed by atoms with Crippen molar-refractivity contribution in [2.75, 3.05) is 19.4 Å². The monoisotopic (exact) mass is 487 g/mol. The van der Waals surface area contributed by atoms with E-state index in [1.807, 2.05) is 43.5 Å². The van der Waals surface area contributed by atoms with Crippen molar-refractivity contribution in [2.24, 2.45) is 0 Å². The normalized spacial score (nSPS) is 11.9. The molecule has 0 saturated heterocycles. The minimum absolute atomic E-state index is 0.232. The lowest BCUT2D eigenvalue weighted by atomic mass is 10.1. The second kappa shape index (κ2) is 8.25. The first-order chi connectivity index (χ1) is 16.3. The number of aryl methyl sites for hydroxylation is 1. The number of fused-ring (bicyclic) bond motifs is 2. The van der Waals surface area contributed by atoms with Gasteiger partial charge in [-0.1, -0.05) is 18.2 Å². The number of hydrogen-bond acceptors (Lipinski definition) is 6. The number of nitrogens with one attached hydrogen (secondary N) is 2. The van der Waals surface area contributed by atoms with Crippen LogP contribution in [0.5, 0.6) is 0 Å². The molecule has 0 aliphatic heterocycles. The van der Waals surface area contributed by atoms with Crippen LogP contribution in [0.4, 0.5) is 11.4 Å². The quantitative estimate of drug-likeness (QED) is 0.335. The first kappa shape index (κ1) is 22.1. The number of nitriles is 1. The molecule has 2 N–H and O–H groups in total. The molecule has 0 saturated carbocycles. The van der Waals surface area contributed by atoms with Crippen molar-refractivity contribution >= 4 is 53.9 Å². The van der Waals surface area contributed by atoms with E-state index in [1.165, 1.54) is 29.7 Å². The van der Waals surface area contributed by atoms with Crippen molar-refractivity contribution in [1.29, 1.82) is 5.26 Å². The van der Waals surface area contributed by atoms with E-state index in [0.29, 0.717) is 21.6 Å². The summed E-state index contributed by atoms with van der Waals surface area (Å²) in [4.78, 5) is 9.40. The number of benzene rings is 2. The number of anilines is 2. The smallest absolute Gasteiger partial charge is 0.243 e. The van der Waals surface area contributed by atoms with E-state index in [1.54, 1.807) is 24.4 Å². The van der Waals surface area contributed by atoms with Crippen molar-refractivity contribution in [3.63, 3.8) is 0 Å². The third-order valence-corrected chi connectivity index (χ3v) is 8.81. The highest BCUT2D eigenvalue weighted by molar-refractivity contribution is 7.89. The van der Waals surface area contributed by atoms with Gasteiger partial charge in [-0.3, -0.25) is 0 Å². The minimum atomic E-state index is -3.64. The number of aromatic nitrogens is 2. The fourth-order valence-electron chi connectivity index (χ4n) is 3.99. The van der Waals surface area contributed by atoms with E-state index < -0.39 is 10.0 Å². The second-order valence-corrected chi connectivity index (χ2v) is 11.2. The summed E-state index contributed by atoms with van der Waals surface area (Å²) in [7, 11) is -0.602. The molecule has 5 aromatic rings. The molecular weight excluding hydrogens is 466 g/mol. The van der Waals surface area contributed by atoms with Gasteiger partial charge < -0.3 is 10.3 Å². The van der Waals surface area contributed by atoms with Crippen molar-refractivity contribution in [3.8, 4) is 16.5 Å². The number of nitrogens with zero attached hydrogens (tertiary/aromatic N) is 3. The summed E-state index contributed by atoms with van der Waals surface area (Å²) >= 11 is 1.40. The third-order valence-electron chi connectivity index (χ3n) is 5.86. The molecule has 5 rings (SSSR count). The van der Waals surface area contributed by atoms with E-state index in [-0.39, 0.29) is 4.90 Å². The van der Waals surface area contributed by atoms with Gasteiger partial charge in [-0.05, 0) is 42.8 Å². The summed E-state index contributed by atoms with van der Waals surface area (Å²) in [5.74, 6) is 0. The largest absolute Gasteiger partial charge is 0.361 e. The zero-order valence-electron chi connectivity index (χ0n) is 18.7. The molecule has 0 radical (unpaired) electrons. The molecule has 3 heterocycles. The van der Waals surface area contributed by atoms with Gasteiger partial charge in [0.15, 0.2) is 0 Å². The van der Waals surface area contributed by atoms with Gasteiger partial charge >= 0.3 is 0 Å². The number of pyridine rings is 1. The van der Waals surface area contributed by atoms with Gasteiger partial charge in [0.2, 0.25) is 10.0 Å². The lowest BCUT2D eigenvalue weighted by Crippen LogP contribution is -2.22. The predicted octanol–water partition coefficient (Wildman–Crippen LogP) is 5.62. The standard InChI is InChI=1S/C25H21N5O2S2/c1-15-17-10-11-27-21(17)9-8-20(15)29-24-16(13-26)14-28-25-19(24)12-22(33-25)18-6-4-5-7-23(18)34(31,32)30(2)3/h4-12,14,27H,1-3H3,(H,28,29). The van der Waals surface area contributed by atoms with E-state index in [0.717, 1.165) is 32.4 Å². The Morgan fingerprint density at radius 3 is 2.68 bits per heavy atom. The molecule has 0 aliphatic carbocycles. The van der Waals surface area contributed by atoms with Crippen LogP contribution in [0, 0.1) is 18.3 Å². The van der Waals surface area contributed by atoms with Crippen molar-refractivity contribution in [1.82, 2.24) is 14.3 Å². The number of H-pyrrole nitrogens is 1. The van der Waals surface area contributed by atoms with E-state index in [9.17, 15) is 13.7 Å². The lowest BCUT2D eigenvalue weighted by molar-refractivity contribution is 0.521. The topological polar surface area (TPSA) is 102 Å². The molecular formula is C25H21N5O2S2. The van der Waals surface area contributed by atoms with Crippen LogP contribution in [0.3, 0.4) is 0 Å². The molecule has 7 nitrogen and oxygen atoms in total. The maximum Gasteiger partial charge on any atom is 0.243 e. The fraction of sp³-hybridized carbons (Fsp3) is 0.120. The SMILES string of the molecule is Cc1c(Nc2c(C#N)cnc3sc(-c4ccccc4S(=O)(=O)N(C)C)cc23)ccc2[nH]ccc12. The molecule has 170 valence electrons. The number of hydrogen-bond donors (Lipinski definition) is 2. The zero-order chi connectivity index (χ0) is 24.0. The van der Waals surface area contributed by atoms with Crippen LogP contribution in [0.2, 0.25) is 0 Å². The molecule has 3 aromatic heterocycles. The summed E-state index contributed by atoms with van der Waals surface area (Å²) in [6.45, 7) is 2.03. The maximum absolute atomic E-state index is 12.9. The van der Waals surface area contributed by atoms with E-state index >= 15 is 0 Å². The third kappa shape index (κ3) is 3.53. The van der Waals surface area contributed by atoms with Crippen LogP contribution >= 0.6 is 11.3 Å². The summed E-state index contributed by atoms with van der Waals surface area (Å²) in [6, 6.07) is 17.1. The van der Waals surface area contributed by atoms with Gasteiger partial charge in [0.25, 0.3) is 0 Å². The molecule has 0 unspecified atom stereocenters. The average Bonchev–Trinajstić information content (AvgIpc) is 3.48. The maximum atomic E-state index is 12.9. The minimum Gasteiger partial charge on any atom is -0.361 e. The second-order valence-electron chi connectivity index (χ2n) is 8.07. The Morgan fingerprint density at radius 1 is 1.12 bits per heavy atom. The van der Waals surface area contributed by atoms with Crippen LogP contribution in [0.1, 0.15) is 11.1 Å². The van der Waals surface area contributed by atoms with Gasteiger partial charge in [-0.2, -0.15) is 5.26 Å². The highest BCUT2D eigenvalue weighted by atomic mass is 32.2. The van der Waals surface area contributed by atoms with Crippen molar-refractivity contribution in [3.05, 3.63) is 72.1 Å². The van der Waals surface area contributed by atoms with Crippen LogP contribution in [0.15, 0.2) is 65.8 Å². The number of aromatic amines is 1. The summed E-state index contributed by atoms with van der Waals surface area (Å²) in [6.07, 6.45) is 3.45. The Labute approximate surface area is 201 Å². The molecule has 2 aromatic carbocycles. The van der Waals surface area contributed by atoms with Gasteiger partial charge in [-0.15, -0.1) is 11.3 Å². The van der Waals surface area contributed by atoms with Gasteiger partial charge in [0.1, 0.15) is 10.9 Å². The van der Waals surface area contributed by atoms with Crippen LogP contribution in [0.25, 0.3) is 31.6 Å². The van der Waals surface area contributed by atoms with E-state index in [4.69, 9.17) is 0 Å². The van der Waals surface area contributed by atoms with Crippen LogP contribution in [-0.2, 0) is 10.0 Å². The highest BCUT2D eigenvalue weighted by Gasteiger charge is 2.23. The fourth-order valence-corrected chi connectivity index (χ4v) is 6.20. The van der Waals surface area contributed by atoms with E-state index in [2.05, 4.69) is 21.4 Å².